The molecule has 2 heterocycles. The molecule has 0 saturated heterocycles. The van der Waals surface area contributed by atoms with E-state index in [0.29, 0.717) is 17.9 Å². The van der Waals surface area contributed by atoms with Crippen molar-refractivity contribution in [3.05, 3.63) is 65.1 Å². The van der Waals surface area contributed by atoms with Crippen LogP contribution in [0.1, 0.15) is 15.9 Å². The number of nitrogens with two attached hydrogens (primary N) is 1. The van der Waals surface area contributed by atoms with E-state index < -0.39 is 0 Å². The van der Waals surface area contributed by atoms with E-state index in [9.17, 15) is 4.79 Å². The summed E-state index contributed by atoms with van der Waals surface area (Å²) in [5, 5.41) is 4.90. The second-order valence-corrected chi connectivity index (χ2v) is 5.13. The van der Waals surface area contributed by atoms with Crippen LogP contribution in [-0.2, 0) is 6.54 Å². The highest BCUT2D eigenvalue weighted by atomic mass is 35.5. The van der Waals surface area contributed by atoms with Gasteiger partial charge < -0.3 is 11.1 Å². The molecule has 0 spiro atoms. The zero-order valence-corrected chi connectivity index (χ0v) is 12.3. The summed E-state index contributed by atoms with van der Waals surface area (Å²) in [6.45, 7) is 0.391. The van der Waals surface area contributed by atoms with Crippen LogP contribution in [-0.4, -0.2) is 15.9 Å². The molecule has 3 rings (SSSR count). The summed E-state index contributed by atoms with van der Waals surface area (Å²) >= 11 is 5.90. The third-order valence-corrected chi connectivity index (χ3v) is 3.62. The van der Waals surface area contributed by atoms with Gasteiger partial charge in [-0.25, -0.2) is 9.97 Å². The van der Waals surface area contributed by atoms with Gasteiger partial charge in [-0.1, -0.05) is 23.7 Å². The van der Waals surface area contributed by atoms with Crippen molar-refractivity contribution in [1.29, 1.82) is 0 Å². The topological polar surface area (TPSA) is 80.9 Å². The SMILES string of the molecule is Nc1nccc2cc(CNC(=O)c3cccnc3Cl)ccc12. The Labute approximate surface area is 132 Å². The number of benzene rings is 1. The molecular weight excluding hydrogens is 300 g/mol. The molecule has 3 N–H and O–H groups in total. The van der Waals surface area contributed by atoms with Crippen LogP contribution in [0.5, 0.6) is 0 Å². The first-order chi connectivity index (χ1) is 10.6. The van der Waals surface area contributed by atoms with Crippen LogP contribution in [0.25, 0.3) is 10.8 Å². The number of rotatable bonds is 3. The van der Waals surface area contributed by atoms with Gasteiger partial charge in [-0.05, 0) is 35.2 Å². The van der Waals surface area contributed by atoms with Crippen LogP contribution in [0.15, 0.2) is 48.8 Å². The number of nitrogens with zero attached hydrogens (tertiary/aromatic N) is 2. The minimum Gasteiger partial charge on any atom is -0.383 e. The van der Waals surface area contributed by atoms with Crippen LogP contribution in [0, 0.1) is 0 Å². The molecule has 0 radical (unpaired) electrons. The summed E-state index contributed by atoms with van der Waals surface area (Å²) in [4.78, 5) is 20.0. The van der Waals surface area contributed by atoms with E-state index >= 15 is 0 Å². The van der Waals surface area contributed by atoms with Gasteiger partial charge in [0, 0.05) is 24.3 Å². The molecule has 0 bridgehead atoms. The lowest BCUT2D eigenvalue weighted by atomic mass is 10.1. The largest absolute Gasteiger partial charge is 0.383 e. The van der Waals surface area contributed by atoms with Crippen LogP contribution in [0.4, 0.5) is 5.82 Å². The molecule has 110 valence electrons. The van der Waals surface area contributed by atoms with Crippen molar-refractivity contribution >= 4 is 34.1 Å². The number of aromatic nitrogens is 2. The fraction of sp³-hybridized carbons (Fsp3) is 0.0625. The highest BCUT2D eigenvalue weighted by molar-refractivity contribution is 6.32. The van der Waals surface area contributed by atoms with Crippen molar-refractivity contribution in [1.82, 2.24) is 15.3 Å². The summed E-state index contributed by atoms with van der Waals surface area (Å²) in [5.74, 6) is 0.239. The normalized spacial score (nSPS) is 10.6. The predicted molar refractivity (Wildman–Crippen MR) is 86.6 cm³/mol. The van der Waals surface area contributed by atoms with Gasteiger partial charge in [0.05, 0.1) is 5.56 Å². The Morgan fingerprint density at radius 3 is 2.86 bits per heavy atom. The molecule has 22 heavy (non-hydrogen) atoms. The minimum absolute atomic E-state index is 0.192. The summed E-state index contributed by atoms with van der Waals surface area (Å²) in [7, 11) is 0. The van der Waals surface area contributed by atoms with E-state index in [4.69, 9.17) is 17.3 Å². The average Bonchev–Trinajstić information content (AvgIpc) is 2.53. The second kappa shape index (κ2) is 5.99. The molecule has 5 nitrogen and oxygen atoms in total. The number of nitrogens with one attached hydrogen (secondary N) is 1. The van der Waals surface area contributed by atoms with Gasteiger partial charge in [-0.3, -0.25) is 4.79 Å². The van der Waals surface area contributed by atoms with Crippen LogP contribution in [0.2, 0.25) is 5.15 Å². The maximum absolute atomic E-state index is 12.1. The molecule has 0 aliphatic rings. The minimum atomic E-state index is -0.257. The number of halogens is 1. The van der Waals surface area contributed by atoms with Gasteiger partial charge in [0.1, 0.15) is 11.0 Å². The number of anilines is 1. The number of hydrogen-bond donors (Lipinski definition) is 2. The van der Waals surface area contributed by atoms with Crippen molar-refractivity contribution in [2.45, 2.75) is 6.54 Å². The number of amides is 1. The lowest BCUT2D eigenvalue weighted by Crippen LogP contribution is -2.23. The van der Waals surface area contributed by atoms with E-state index in [-0.39, 0.29) is 11.1 Å². The summed E-state index contributed by atoms with van der Waals surface area (Å²) < 4.78 is 0. The number of fused-ring (bicyclic) bond motifs is 1. The number of nitrogen functional groups attached to an aromatic ring is 1. The van der Waals surface area contributed by atoms with Crippen molar-refractivity contribution in [3.8, 4) is 0 Å². The second-order valence-electron chi connectivity index (χ2n) is 4.78. The highest BCUT2D eigenvalue weighted by Crippen LogP contribution is 2.20. The van der Waals surface area contributed by atoms with Gasteiger partial charge in [0.25, 0.3) is 5.91 Å². The molecule has 3 aromatic rings. The Hall–Kier alpha value is -2.66. The molecule has 2 aromatic heterocycles. The molecule has 1 aromatic carbocycles. The molecule has 0 aliphatic heterocycles. The number of carbonyl (C=O) groups excluding carboxylic acids is 1. The zero-order valence-electron chi connectivity index (χ0n) is 11.6. The summed E-state index contributed by atoms with van der Waals surface area (Å²) in [5.41, 5.74) is 7.14. The Balaban J connectivity index is 1.77. The standard InChI is InChI=1S/C16H13ClN4O/c17-14-13(2-1-6-19-14)16(22)21-9-10-3-4-12-11(8-10)5-7-20-15(12)18/h1-8H,9H2,(H2,18,20)(H,21,22). The Morgan fingerprint density at radius 1 is 1.18 bits per heavy atom. The van der Waals surface area contributed by atoms with Crippen LogP contribution in [0.3, 0.4) is 0 Å². The molecule has 1 amide bonds. The van der Waals surface area contributed by atoms with E-state index in [1.165, 1.54) is 0 Å². The third-order valence-electron chi connectivity index (χ3n) is 3.32. The van der Waals surface area contributed by atoms with E-state index in [2.05, 4.69) is 15.3 Å². The monoisotopic (exact) mass is 312 g/mol. The first-order valence-corrected chi connectivity index (χ1v) is 7.05. The first kappa shape index (κ1) is 14.3. The fourth-order valence-electron chi connectivity index (χ4n) is 2.19. The Kier molecular flexibility index (Phi) is 3.89. The highest BCUT2D eigenvalue weighted by Gasteiger charge is 2.10. The number of pyridine rings is 2. The van der Waals surface area contributed by atoms with Gasteiger partial charge in [0.2, 0.25) is 0 Å². The van der Waals surface area contributed by atoms with Crippen molar-refractivity contribution in [3.63, 3.8) is 0 Å². The number of hydrogen-bond acceptors (Lipinski definition) is 4. The van der Waals surface area contributed by atoms with Gasteiger partial charge in [-0.15, -0.1) is 0 Å². The summed E-state index contributed by atoms with van der Waals surface area (Å²) in [6.07, 6.45) is 3.20. The Morgan fingerprint density at radius 2 is 2.05 bits per heavy atom. The molecule has 0 aliphatic carbocycles. The van der Waals surface area contributed by atoms with E-state index in [1.54, 1.807) is 24.5 Å². The van der Waals surface area contributed by atoms with Crippen molar-refractivity contribution in [2.24, 2.45) is 0 Å². The predicted octanol–water partition coefficient (Wildman–Crippen LogP) is 2.80. The van der Waals surface area contributed by atoms with Crippen LogP contribution < -0.4 is 11.1 Å². The molecule has 0 saturated carbocycles. The number of carbonyl (C=O) groups is 1. The smallest absolute Gasteiger partial charge is 0.254 e. The summed E-state index contributed by atoms with van der Waals surface area (Å²) in [6, 6.07) is 11.0. The van der Waals surface area contributed by atoms with Crippen LogP contribution >= 0.6 is 11.6 Å². The maximum Gasteiger partial charge on any atom is 0.254 e. The van der Waals surface area contributed by atoms with Crippen molar-refractivity contribution < 1.29 is 4.79 Å². The maximum atomic E-state index is 12.1. The van der Waals surface area contributed by atoms with Gasteiger partial charge in [0.15, 0.2) is 0 Å². The van der Waals surface area contributed by atoms with Crippen molar-refractivity contribution in [2.75, 3.05) is 5.73 Å². The lowest BCUT2D eigenvalue weighted by Gasteiger charge is -2.08. The molecule has 0 atom stereocenters. The molecule has 0 unspecified atom stereocenters. The van der Waals surface area contributed by atoms with Gasteiger partial charge >= 0.3 is 0 Å². The average molecular weight is 313 g/mol. The first-order valence-electron chi connectivity index (χ1n) is 6.67. The Bertz CT molecular complexity index is 850. The van der Waals surface area contributed by atoms with E-state index in [0.717, 1.165) is 16.3 Å². The van der Waals surface area contributed by atoms with Gasteiger partial charge in [-0.2, -0.15) is 0 Å². The quantitative estimate of drug-likeness (QED) is 0.729. The molecular formula is C16H13ClN4O. The third kappa shape index (κ3) is 2.84. The van der Waals surface area contributed by atoms with E-state index in [1.807, 2.05) is 24.3 Å². The molecule has 0 fully saturated rings. The molecule has 6 heteroatoms. The fourth-order valence-corrected chi connectivity index (χ4v) is 2.40. The lowest BCUT2D eigenvalue weighted by molar-refractivity contribution is 0.0950. The zero-order chi connectivity index (χ0) is 15.5.